The number of hydrogen-bond acceptors (Lipinski definition) is 2. The van der Waals surface area contributed by atoms with Crippen LogP contribution in [0.25, 0.3) is 0 Å². The number of nitrogens with one attached hydrogen (secondary N) is 1. The summed E-state index contributed by atoms with van der Waals surface area (Å²) in [5, 5.41) is 2.31. The van der Waals surface area contributed by atoms with Crippen molar-refractivity contribution in [2.45, 2.75) is 12.7 Å². The number of methoxy groups -OCH3 is 1. The number of alkyl halides is 3. The van der Waals surface area contributed by atoms with Gasteiger partial charge in [-0.25, -0.2) is 0 Å². The van der Waals surface area contributed by atoms with Crippen molar-refractivity contribution in [3.8, 4) is 5.75 Å². The lowest BCUT2D eigenvalue weighted by atomic mass is 10.2. The van der Waals surface area contributed by atoms with Crippen molar-refractivity contribution in [1.82, 2.24) is 5.32 Å². The standard InChI is InChI=1S/C10H12F3NO/c1-15-9-4-2-8(3-5-9)6-14-7-10(11,12)13/h2-5,14H,6-7H2,1H3. The van der Waals surface area contributed by atoms with E-state index in [-0.39, 0.29) is 6.54 Å². The fourth-order valence-electron chi connectivity index (χ4n) is 1.09. The summed E-state index contributed by atoms with van der Waals surface area (Å²) in [6.07, 6.45) is -4.16. The fourth-order valence-corrected chi connectivity index (χ4v) is 1.09. The van der Waals surface area contributed by atoms with Crippen molar-refractivity contribution >= 4 is 0 Å². The van der Waals surface area contributed by atoms with E-state index in [1.54, 1.807) is 24.3 Å². The van der Waals surface area contributed by atoms with Gasteiger partial charge in [0.25, 0.3) is 0 Å². The van der Waals surface area contributed by atoms with Gasteiger partial charge in [0, 0.05) is 6.54 Å². The second-order valence-electron chi connectivity index (χ2n) is 3.07. The fraction of sp³-hybridized carbons (Fsp3) is 0.400. The largest absolute Gasteiger partial charge is 0.497 e. The minimum atomic E-state index is -4.16. The number of halogens is 3. The van der Waals surface area contributed by atoms with Gasteiger partial charge in [-0.05, 0) is 17.7 Å². The molecule has 5 heteroatoms. The maximum atomic E-state index is 11.8. The molecule has 0 aliphatic carbocycles. The Bertz CT molecular complexity index is 295. The molecule has 0 aromatic heterocycles. The highest BCUT2D eigenvalue weighted by atomic mass is 19.4. The molecule has 1 rings (SSSR count). The lowest BCUT2D eigenvalue weighted by Gasteiger charge is -2.08. The molecule has 0 amide bonds. The first kappa shape index (κ1) is 11.8. The van der Waals surface area contributed by atoms with Crippen molar-refractivity contribution in [1.29, 1.82) is 0 Å². The molecule has 0 aliphatic heterocycles. The first-order valence-electron chi connectivity index (χ1n) is 4.41. The van der Waals surface area contributed by atoms with Gasteiger partial charge in [-0.1, -0.05) is 12.1 Å². The first-order valence-corrected chi connectivity index (χ1v) is 4.41. The van der Waals surface area contributed by atoms with Crippen LogP contribution in [0.5, 0.6) is 5.75 Å². The molecule has 1 aromatic rings. The van der Waals surface area contributed by atoms with Gasteiger partial charge >= 0.3 is 6.18 Å². The molecule has 0 bridgehead atoms. The van der Waals surface area contributed by atoms with Crippen LogP contribution in [-0.2, 0) is 6.54 Å². The van der Waals surface area contributed by atoms with Crippen molar-refractivity contribution in [2.24, 2.45) is 0 Å². The number of ether oxygens (including phenoxy) is 1. The summed E-state index contributed by atoms with van der Waals surface area (Å²) in [6.45, 7) is -0.775. The molecule has 0 atom stereocenters. The zero-order valence-corrected chi connectivity index (χ0v) is 8.27. The Labute approximate surface area is 86.1 Å². The molecule has 2 nitrogen and oxygen atoms in total. The molecule has 0 radical (unpaired) electrons. The molecular formula is C10H12F3NO. The van der Waals surface area contributed by atoms with E-state index in [1.807, 2.05) is 0 Å². The van der Waals surface area contributed by atoms with Crippen molar-refractivity contribution in [2.75, 3.05) is 13.7 Å². The molecule has 0 saturated carbocycles. The Morgan fingerprint density at radius 3 is 2.27 bits per heavy atom. The Kier molecular flexibility index (Phi) is 3.96. The van der Waals surface area contributed by atoms with Crippen LogP contribution >= 0.6 is 0 Å². The number of hydrogen-bond donors (Lipinski definition) is 1. The van der Waals surface area contributed by atoms with E-state index >= 15 is 0 Å². The normalized spacial score (nSPS) is 11.5. The summed E-state index contributed by atoms with van der Waals surface area (Å²) in [6, 6.07) is 6.87. The molecule has 0 aliphatic rings. The van der Waals surface area contributed by atoms with Gasteiger partial charge in [-0.3, -0.25) is 0 Å². The van der Waals surface area contributed by atoms with Crippen LogP contribution in [0.3, 0.4) is 0 Å². The average molecular weight is 219 g/mol. The van der Waals surface area contributed by atoms with Crippen molar-refractivity contribution < 1.29 is 17.9 Å². The smallest absolute Gasteiger partial charge is 0.401 e. The predicted octanol–water partition coefficient (Wildman–Crippen LogP) is 2.35. The highest BCUT2D eigenvalue weighted by molar-refractivity contribution is 5.26. The van der Waals surface area contributed by atoms with E-state index in [0.717, 1.165) is 5.56 Å². The van der Waals surface area contributed by atoms with Crippen molar-refractivity contribution in [3.63, 3.8) is 0 Å². The van der Waals surface area contributed by atoms with Crippen LogP contribution in [0.2, 0.25) is 0 Å². The Balaban J connectivity index is 2.38. The molecule has 0 spiro atoms. The molecule has 15 heavy (non-hydrogen) atoms. The monoisotopic (exact) mass is 219 g/mol. The van der Waals surface area contributed by atoms with E-state index in [4.69, 9.17) is 4.74 Å². The van der Waals surface area contributed by atoms with Crippen LogP contribution in [0.1, 0.15) is 5.56 Å². The van der Waals surface area contributed by atoms with Crippen LogP contribution in [0.15, 0.2) is 24.3 Å². The SMILES string of the molecule is COc1ccc(CNCC(F)(F)F)cc1. The molecule has 1 aromatic carbocycles. The minimum absolute atomic E-state index is 0.198. The Hall–Kier alpha value is -1.23. The van der Waals surface area contributed by atoms with Gasteiger partial charge in [0.1, 0.15) is 5.75 Å². The quantitative estimate of drug-likeness (QED) is 0.839. The number of benzene rings is 1. The van der Waals surface area contributed by atoms with E-state index in [9.17, 15) is 13.2 Å². The summed E-state index contributed by atoms with van der Waals surface area (Å²) in [7, 11) is 1.54. The topological polar surface area (TPSA) is 21.3 Å². The van der Waals surface area contributed by atoms with Crippen LogP contribution < -0.4 is 10.1 Å². The summed E-state index contributed by atoms with van der Waals surface area (Å²) >= 11 is 0. The maximum Gasteiger partial charge on any atom is 0.401 e. The van der Waals surface area contributed by atoms with E-state index < -0.39 is 12.7 Å². The summed E-state index contributed by atoms with van der Waals surface area (Å²) in [5.74, 6) is 0.689. The third-order valence-electron chi connectivity index (χ3n) is 1.81. The highest BCUT2D eigenvalue weighted by Crippen LogP contribution is 2.14. The highest BCUT2D eigenvalue weighted by Gasteiger charge is 2.25. The van der Waals surface area contributed by atoms with Crippen LogP contribution in [-0.4, -0.2) is 19.8 Å². The lowest BCUT2D eigenvalue weighted by molar-refractivity contribution is -0.125. The first-order chi connectivity index (χ1) is 7.01. The summed E-state index contributed by atoms with van der Waals surface area (Å²) < 4.78 is 40.3. The molecule has 0 fully saturated rings. The second kappa shape index (κ2) is 5.02. The van der Waals surface area contributed by atoms with Crippen LogP contribution in [0.4, 0.5) is 13.2 Å². The third-order valence-corrected chi connectivity index (χ3v) is 1.81. The Morgan fingerprint density at radius 1 is 1.20 bits per heavy atom. The van der Waals surface area contributed by atoms with Gasteiger partial charge in [0.05, 0.1) is 13.7 Å². The van der Waals surface area contributed by atoms with Crippen LogP contribution in [0, 0.1) is 0 Å². The molecule has 0 heterocycles. The zero-order valence-electron chi connectivity index (χ0n) is 8.27. The van der Waals surface area contributed by atoms with E-state index in [2.05, 4.69) is 5.32 Å². The van der Waals surface area contributed by atoms with E-state index in [0.29, 0.717) is 5.75 Å². The minimum Gasteiger partial charge on any atom is -0.497 e. The van der Waals surface area contributed by atoms with Crippen molar-refractivity contribution in [3.05, 3.63) is 29.8 Å². The van der Waals surface area contributed by atoms with Gasteiger partial charge in [0.15, 0.2) is 0 Å². The van der Waals surface area contributed by atoms with Gasteiger partial charge < -0.3 is 10.1 Å². The molecular weight excluding hydrogens is 207 g/mol. The van der Waals surface area contributed by atoms with Gasteiger partial charge in [0.2, 0.25) is 0 Å². The zero-order chi connectivity index (χ0) is 11.3. The lowest BCUT2D eigenvalue weighted by Crippen LogP contribution is -2.28. The average Bonchev–Trinajstić information content (AvgIpc) is 2.17. The second-order valence-corrected chi connectivity index (χ2v) is 3.07. The van der Waals surface area contributed by atoms with Gasteiger partial charge in [-0.2, -0.15) is 13.2 Å². The number of rotatable bonds is 4. The molecule has 1 N–H and O–H groups in total. The van der Waals surface area contributed by atoms with Gasteiger partial charge in [-0.15, -0.1) is 0 Å². The maximum absolute atomic E-state index is 11.8. The molecule has 84 valence electrons. The third kappa shape index (κ3) is 4.69. The predicted molar refractivity (Wildman–Crippen MR) is 50.8 cm³/mol. The summed E-state index contributed by atoms with van der Waals surface area (Å²) in [5.41, 5.74) is 0.792. The molecule has 0 unspecified atom stereocenters. The van der Waals surface area contributed by atoms with E-state index in [1.165, 1.54) is 7.11 Å². The molecule has 0 saturated heterocycles. The Morgan fingerprint density at radius 2 is 1.80 bits per heavy atom. The summed E-state index contributed by atoms with van der Waals surface area (Å²) in [4.78, 5) is 0.